The van der Waals surface area contributed by atoms with Crippen molar-refractivity contribution in [2.75, 3.05) is 13.6 Å². The normalized spacial score (nSPS) is 17.6. The lowest BCUT2D eigenvalue weighted by molar-refractivity contribution is -0.123. The highest BCUT2D eigenvalue weighted by Gasteiger charge is 2.31. The van der Waals surface area contributed by atoms with Gasteiger partial charge in [0.2, 0.25) is 5.91 Å². The van der Waals surface area contributed by atoms with Crippen molar-refractivity contribution in [3.8, 4) is 0 Å². The Morgan fingerprint density at radius 2 is 1.83 bits per heavy atom. The number of fused-ring (bicyclic) bond motifs is 1. The molecule has 4 rings (SSSR count). The van der Waals surface area contributed by atoms with Crippen molar-refractivity contribution < 1.29 is 4.79 Å². The van der Waals surface area contributed by atoms with Crippen LogP contribution in [0.1, 0.15) is 45.6 Å². The van der Waals surface area contributed by atoms with Crippen LogP contribution < -0.4 is 5.32 Å². The number of aryl methyl sites for hydroxylation is 3. The van der Waals surface area contributed by atoms with E-state index < -0.39 is 0 Å². The van der Waals surface area contributed by atoms with Crippen LogP contribution in [0.5, 0.6) is 0 Å². The van der Waals surface area contributed by atoms with Gasteiger partial charge < -0.3 is 14.8 Å². The summed E-state index contributed by atoms with van der Waals surface area (Å²) in [6, 6.07) is 14.4. The third-order valence-corrected chi connectivity index (χ3v) is 5.74. The zero-order chi connectivity index (χ0) is 20.5. The first kappa shape index (κ1) is 19.4. The first-order valence-electron chi connectivity index (χ1n) is 10.0. The van der Waals surface area contributed by atoms with Crippen LogP contribution in [-0.4, -0.2) is 34.0 Å². The van der Waals surface area contributed by atoms with Gasteiger partial charge >= 0.3 is 0 Å². The predicted molar refractivity (Wildman–Crippen MR) is 115 cm³/mol. The molecular formula is C24H28N4O. The highest BCUT2D eigenvalue weighted by Crippen LogP contribution is 2.30. The minimum Gasteiger partial charge on any atom is -0.342 e. The van der Waals surface area contributed by atoms with Gasteiger partial charge in [0.15, 0.2) is 0 Å². The molecule has 1 aliphatic rings. The monoisotopic (exact) mass is 388 g/mol. The molecule has 2 unspecified atom stereocenters. The maximum atomic E-state index is 13.5. The summed E-state index contributed by atoms with van der Waals surface area (Å²) < 4.78 is 1.97. The quantitative estimate of drug-likeness (QED) is 0.745. The summed E-state index contributed by atoms with van der Waals surface area (Å²) in [7, 11) is 4.03. The van der Waals surface area contributed by atoms with Gasteiger partial charge in [-0.15, -0.1) is 0 Å². The van der Waals surface area contributed by atoms with Crippen molar-refractivity contribution in [2.45, 2.75) is 32.4 Å². The first-order chi connectivity index (χ1) is 13.9. The smallest absolute Gasteiger partial charge is 0.229 e. The van der Waals surface area contributed by atoms with Crippen molar-refractivity contribution in [3.05, 3.63) is 88.5 Å². The topological polar surface area (TPSA) is 50.2 Å². The van der Waals surface area contributed by atoms with Crippen molar-refractivity contribution in [1.29, 1.82) is 0 Å². The van der Waals surface area contributed by atoms with Crippen LogP contribution in [0, 0.1) is 13.8 Å². The zero-order valence-electron chi connectivity index (χ0n) is 17.5. The zero-order valence-corrected chi connectivity index (χ0v) is 17.5. The number of aromatic nitrogens is 2. The number of carbonyl (C=O) groups is 1. The Balaban J connectivity index is 1.68. The van der Waals surface area contributed by atoms with E-state index in [-0.39, 0.29) is 17.9 Å². The summed E-state index contributed by atoms with van der Waals surface area (Å²) in [5.74, 6) is 0.671. The molecule has 0 saturated carbocycles. The van der Waals surface area contributed by atoms with Gasteiger partial charge in [0.1, 0.15) is 11.9 Å². The molecule has 2 aromatic carbocycles. The third kappa shape index (κ3) is 3.96. The number of imidazole rings is 1. The number of nitrogens with zero attached hydrogens (tertiary/aromatic N) is 3. The van der Waals surface area contributed by atoms with Crippen LogP contribution in [0.4, 0.5) is 0 Å². The number of nitrogens with one attached hydrogen (secondary N) is 1. The molecule has 29 heavy (non-hydrogen) atoms. The average molecular weight is 389 g/mol. The molecule has 0 spiro atoms. The average Bonchev–Trinajstić information content (AvgIpc) is 3.12. The minimum absolute atomic E-state index is 0.0389. The molecule has 0 aliphatic carbocycles. The van der Waals surface area contributed by atoms with Crippen molar-refractivity contribution in [2.24, 2.45) is 7.05 Å². The van der Waals surface area contributed by atoms with Crippen LogP contribution >= 0.6 is 0 Å². The summed E-state index contributed by atoms with van der Waals surface area (Å²) in [5, 5.41) is 3.30. The first-order valence-corrected chi connectivity index (χ1v) is 10.0. The predicted octanol–water partition coefficient (Wildman–Crippen LogP) is 3.47. The van der Waals surface area contributed by atoms with Crippen molar-refractivity contribution >= 4 is 5.91 Å². The Morgan fingerprint density at radius 1 is 1.10 bits per heavy atom. The van der Waals surface area contributed by atoms with E-state index >= 15 is 0 Å². The molecule has 5 heteroatoms. The Kier molecular flexibility index (Phi) is 5.24. The summed E-state index contributed by atoms with van der Waals surface area (Å²) >= 11 is 0. The van der Waals surface area contributed by atoms with E-state index in [4.69, 9.17) is 0 Å². The molecule has 1 amide bonds. The van der Waals surface area contributed by atoms with Gasteiger partial charge in [-0.05, 0) is 37.6 Å². The lowest BCUT2D eigenvalue weighted by atomic mass is 9.87. The second kappa shape index (κ2) is 7.84. The molecule has 1 aliphatic heterocycles. The summed E-state index contributed by atoms with van der Waals surface area (Å²) in [6.07, 6.45) is 3.69. The van der Waals surface area contributed by atoms with Gasteiger partial charge in [-0.2, -0.15) is 0 Å². The van der Waals surface area contributed by atoms with E-state index in [1.54, 1.807) is 6.20 Å². The molecule has 5 nitrogen and oxygen atoms in total. The van der Waals surface area contributed by atoms with Gasteiger partial charge in [0, 0.05) is 32.5 Å². The molecule has 1 N–H and O–H groups in total. The number of rotatable bonds is 4. The molecule has 3 aromatic rings. The van der Waals surface area contributed by atoms with E-state index in [0.717, 1.165) is 23.5 Å². The van der Waals surface area contributed by atoms with E-state index in [1.807, 2.05) is 17.8 Å². The molecule has 150 valence electrons. The van der Waals surface area contributed by atoms with Crippen LogP contribution in [0.3, 0.4) is 0 Å². The SMILES string of the molecule is Cc1ccc(C(NC(=O)C2CN(C)Cc3ccc(C)cc32)c2nccn2C)cc1. The molecule has 0 fully saturated rings. The Hall–Kier alpha value is -2.92. The molecule has 2 heterocycles. The lowest BCUT2D eigenvalue weighted by Gasteiger charge is -2.33. The minimum atomic E-state index is -0.288. The van der Waals surface area contributed by atoms with Crippen molar-refractivity contribution in [3.63, 3.8) is 0 Å². The number of likely N-dealkylation sites (N-methyl/N-ethyl adjacent to an activating group) is 1. The van der Waals surface area contributed by atoms with E-state index in [1.165, 1.54) is 16.7 Å². The van der Waals surface area contributed by atoms with Crippen LogP contribution in [0.2, 0.25) is 0 Å². The molecule has 2 atom stereocenters. The number of hydrogen-bond acceptors (Lipinski definition) is 3. The number of benzene rings is 2. The van der Waals surface area contributed by atoms with E-state index in [2.05, 4.69) is 78.6 Å². The van der Waals surface area contributed by atoms with Crippen LogP contribution in [-0.2, 0) is 18.4 Å². The van der Waals surface area contributed by atoms with Gasteiger partial charge in [0.25, 0.3) is 0 Å². The second-order valence-corrected chi connectivity index (χ2v) is 8.20. The number of hydrogen-bond donors (Lipinski definition) is 1. The maximum Gasteiger partial charge on any atom is 0.229 e. The largest absolute Gasteiger partial charge is 0.342 e. The highest BCUT2D eigenvalue weighted by atomic mass is 16.2. The molecule has 1 aromatic heterocycles. The van der Waals surface area contributed by atoms with Crippen molar-refractivity contribution in [1.82, 2.24) is 19.8 Å². The Labute approximate surface area is 172 Å². The van der Waals surface area contributed by atoms with E-state index in [0.29, 0.717) is 6.54 Å². The van der Waals surface area contributed by atoms with Gasteiger partial charge in [-0.25, -0.2) is 4.98 Å². The summed E-state index contributed by atoms with van der Waals surface area (Å²) in [5.41, 5.74) is 5.78. The van der Waals surface area contributed by atoms with Gasteiger partial charge in [0.05, 0.1) is 5.92 Å². The molecule has 0 bridgehead atoms. The standard InChI is InChI=1S/C24H28N4O/c1-16-5-8-18(9-6-16)22(23-25-11-12-28(23)4)26-24(29)21-15-27(3)14-19-10-7-17(2)13-20(19)21/h5-13,21-22H,14-15H2,1-4H3,(H,26,29). The van der Waals surface area contributed by atoms with Crippen LogP contribution in [0.15, 0.2) is 54.9 Å². The summed E-state index contributed by atoms with van der Waals surface area (Å²) in [4.78, 5) is 20.2. The molecule has 0 saturated heterocycles. The molecule has 0 radical (unpaired) electrons. The maximum absolute atomic E-state index is 13.5. The Morgan fingerprint density at radius 3 is 2.52 bits per heavy atom. The Bertz CT molecular complexity index is 1020. The number of carbonyl (C=O) groups excluding carboxylic acids is 1. The van der Waals surface area contributed by atoms with Gasteiger partial charge in [-0.3, -0.25) is 4.79 Å². The number of amides is 1. The fourth-order valence-electron chi connectivity index (χ4n) is 4.13. The fraction of sp³-hybridized carbons (Fsp3) is 0.333. The van der Waals surface area contributed by atoms with E-state index in [9.17, 15) is 4.79 Å². The second-order valence-electron chi connectivity index (χ2n) is 8.20. The molecular weight excluding hydrogens is 360 g/mol. The lowest BCUT2D eigenvalue weighted by Crippen LogP contribution is -2.41. The van der Waals surface area contributed by atoms with Crippen LogP contribution in [0.25, 0.3) is 0 Å². The highest BCUT2D eigenvalue weighted by molar-refractivity contribution is 5.85. The van der Waals surface area contributed by atoms with Gasteiger partial charge in [-0.1, -0.05) is 53.6 Å². The third-order valence-electron chi connectivity index (χ3n) is 5.74. The summed E-state index contributed by atoms with van der Waals surface area (Å²) in [6.45, 7) is 5.73. The fourth-order valence-corrected chi connectivity index (χ4v) is 4.13.